The van der Waals surface area contributed by atoms with E-state index in [9.17, 15) is 9.59 Å². The van der Waals surface area contributed by atoms with Gasteiger partial charge in [-0.2, -0.15) is 4.98 Å². The number of nitrogens with zero attached hydrogens (tertiary/aromatic N) is 4. The molecule has 0 spiro atoms. The van der Waals surface area contributed by atoms with Crippen LogP contribution in [-0.4, -0.2) is 44.0 Å². The van der Waals surface area contributed by atoms with E-state index in [2.05, 4.69) is 20.1 Å². The number of carbonyl (C=O) groups is 1. The van der Waals surface area contributed by atoms with Gasteiger partial charge in [0.05, 0.1) is 16.6 Å². The van der Waals surface area contributed by atoms with Crippen LogP contribution < -0.4 is 5.56 Å². The number of carbonyl (C=O) groups excluding carboxylic acids is 1. The fraction of sp³-hybridized carbons (Fsp3) is 0.500. The lowest BCUT2D eigenvalue weighted by molar-refractivity contribution is 0.0709. The first-order chi connectivity index (χ1) is 13.0. The second-order valence-corrected chi connectivity index (χ2v) is 8.18. The lowest BCUT2D eigenvalue weighted by Gasteiger charge is -2.30. The summed E-state index contributed by atoms with van der Waals surface area (Å²) < 4.78 is 5.41. The number of aryl methyl sites for hydroxylation is 1. The summed E-state index contributed by atoms with van der Waals surface area (Å²) in [4.78, 5) is 39.3. The zero-order chi connectivity index (χ0) is 19.1. The van der Waals surface area contributed by atoms with Gasteiger partial charge in [-0.3, -0.25) is 9.59 Å². The van der Waals surface area contributed by atoms with Gasteiger partial charge >= 0.3 is 0 Å². The third-order valence-electron chi connectivity index (χ3n) is 5.03. The van der Waals surface area contributed by atoms with Crippen molar-refractivity contribution in [2.45, 2.75) is 45.4 Å². The van der Waals surface area contributed by atoms with Gasteiger partial charge in [-0.25, -0.2) is 4.98 Å². The molecule has 0 aromatic carbocycles. The van der Waals surface area contributed by atoms with Crippen LogP contribution in [0.3, 0.4) is 0 Å². The van der Waals surface area contributed by atoms with Crippen molar-refractivity contribution in [1.29, 1.82) is 0 Å². The highest BCUT2D eigenvalue weighted by Gasteiger charge is 2.30. The van der Waals surface area contributed by atoms with Crippen LogP contribution in [0.2, 0.25) is 0 Å². The summed E-state index contributed by atoms with van der Waals surface area (Å²) in [5.41, 5.74) is 0.499. The summed E-state index contributed by atoms with van der Waals surface area (Å²) in [5, 5.41) is 4.54. The number of hydrogen-bond donors (Lipinski definition) is 1. The van der Waals surface area contributed by atoms with E-state index in [-0.39, 0.29) is 23.3 Å². The minimum atomic E-state index is -0.205. The van der Waals surface area contributed by atoms with Crippen LogP contribution in [0.15, 0.2) is 15.6 Å². The quantitative estimate of drug-likeness (QED) is 0.741. The first kappa shape index (κ1) is 17.8. The second kappa shape index (κ2) is 6.88. The van der Waals surface area contributed by atoms with Gasteiger partial charge in [-0.05, 0) is 25.3 Å². The molecule has 142 valence electrons. The molecule has 1 saturated heterocycles. The van der Waals surface area contributed by atoms with Crippen molar-refractivity contribution in [2.75, 3.05) is 13.1 Å². The van der Waals surface area contributed by atoms with E-state index in [0.717, 1.165) is 18.7 Å². The zero-order valence-corrected chi connectivity index (χ0v) is 16.3. The molecule has 0 aliphatic carbocycles. The second-order valence-electron chi connectivity index (χ2n) is 7.18. The van der Waals surface area contributed by atoms with Crippen molar-refractivity contribution in [3.05, 3.63) is 38.8 Å². The molecule has 1 aliphatic heterocycles. The van der Waals surface area contributed by atoms with Crippen LogP contribution in [-0.2, 0) is 0 Å². The average molecular weight is 387 g/mol. The molecule has 1 aliphatic rings. The van der Waals surface area contributed by atoms with Gasteiger partial charge in [0.25, 0.3) is 11.5 Å². The summed E-state index contributed by atoms with van der Waals surface area (Å²) in [6, 6.07) is 0. The molecule has 0 unspecified atom stereocenters. The Labute approximate surface area is 159 Å². The van der Waals surface area contributed by atoms with Gasteiger partial charge < -0.3 is 14.4 Å². The number of hydrogen-bond acceptors (Lipinski definition) is 7. The first-order valence-corrected chi connectivity index (χ1v) is 9.87. The van der Waals surface area contributed by atoms with Crippen LogP contribution in [0.5, 0.6) is 0 Å². The molecule has 0 atom stereocenters. The van der Waals surface area contributed by atoms with Crippen molar-refractivity contribution in [1.82, 2.24) is 25.0 Å². The number of amides is 1. The van der Waals surface area contributed by atoms with E-state index >= 15 is 0 Å². The van der Waals surface area contributed by atoms with Gasteiger partial charge in [0.1, 0.15) is 4.83 Å². The highest BCUT2D eigenvalue weighted by Crippen LogP contribution is 2.31. The van der Waals surface area contributed by atoms with E-state index in [1.54, 1.807) is 0 Å². The van der Waals surface area contributed by atoms with Crippen LogP contribution in [0.1, 0.15) is 65.5 Å². The smallest absolute Gasteiger partial charge is 0.264 e. The van der Waals surface area contributed by atoms with Crippen molar-refractivity contribution >= 4 is 27.5 Å². The number of piperidine rings is 1. The first-order valence-electron chi connectivity index (χ1n) is 9.05. The third kappa shape index (κ3) is 3.16. The maximum Gasteiger partial charge on any atom is 0.264 e. The van der Waals surface area contributed by atoms with Crippen LogP contribution in [0, 0.1) is 6.92 Å². The highest BCUT2D eigenvalue weighted by molar-refractivity contribution is 7.20. The lowest BCUT2D eigenvalue weighted by Crippen LogP contribution is -2.37. The summed E-state index contributed by atoms with van der Waals surface area (Å²) in [6.07, 6.45) is 2.94. The predicted octanol–water partition coefficient (Wildman–Crippen LogP) is 2.82. The van der Waals surface area contributed by atoms with E-state index < -0.39 is 0 Å². The maximum atomic E-state index is 13.0. The number of fused-ring (bicyclic) bond motifs is 1. The Morgan fingerprint density at radius 2 is 2.11 bits per heavy atom. The minimum Gasteiger partial charge on any atom is -0.339 e. The molecule has 0 radical (unpaired) electrons. The van der Waals surface area contributed by atoms with Crippen LogP contribution in [0.25, 0.3) is 10.2 Å². The van der Waals surface area contributed by atoms with Crippen molar-refractivity contribution in [3.8, 4) is 0 Å². The number of H-pyrrole nitrogens is 1. The number of rotatable bonds is 3. The van der Waals surface area contributed by atoms with E-state index in [1.165, 1.54) is 17.7 Å². The van der Waals surface area contributed by atoms with Gasteiger partial charge in [0, 0.05) is 24.9 Å². The van der Waals surface area contributed by atoms with Crippen LogP contribution >= 0.6 is 11.3 Å². The molecule has 8 nitrogen and oxygen atoms in total. The normalized spacial score (nSPS) is 15.8. The predicted molar refractivity (Wildman–Crippen MR) is 101 cm³/mol. The summed E-state index contributed by atoms with van der Waals surface area (Å²) in [5.74, 6) is 1.77. The van der Waals surface area contributed by atoms with E-state index in [1.807, 2.05) is 25.7 Å². The minimum absolute atomic E-state index is 0.0400. The fourth-order valence-corrected chi connectivity index (χ4v) is 4.52. The van der Waals surface area contributed by atoms with Crippen LogP contribution in [0.4, 0.5) is 0 Å². The molecule has 3 aromatic rings. The van der Waals surface area contributed by atoms with E-state index in [4.69, 9.17) is 4.52 Å². The molecule has 3 aromatic heterocycles. The molecule has 4 heterocycles. The Bertz CT molecular complexity index is 1040. The Kier molecular flexibility index (Phi) is 4.55. The van der Waals surface area contributed by atoms with Crippen molar-refractivity contribution < 1.29 is 9.32 Å². The molecule has 0 bridgehead atoms. The molecule has 9 heteroatoms. The summed E-state index contributed by atoms with van der Waals surface area (Å²) in [6.45, 7) is 7.12. The van der Waals surface area contributed by atoms with E-state index in [0.29, 0.717) is 39.6 Å². The highest BCUT2D eigenvalue weighted by atomic mass is 32.1. The monoisotopic (exact) mass is 387 g/mol. The Balaban J connectivity index is 1.49. The van der Waals surface area contributed by atoms with Crippen molar-refractivity contribution in [2.24, 2.45) is 0 Å². The molecule has 1 amide bonds. The van der Waals surface area contributed by atoms with Gasteiger partial charge in [0.15, 0.2) is 5.82 Å². The van der Waals surface area contributed by atoms with Gasteiger partial charge in [0.2, 0.25) is 5.89 Å². The summed E-state index contributed by atoms with van der Waals surface area (Å²) in [7, 11) is 0. The standard InChI is InChI=1S/C18H21N5O3S/c1-9(2)14-21-16(26-22-14)11-4-6-23(7-5-11)18(25)13-10(3)12-15(24)19-8-20-17(12)27-13/h8-9,11H,4-7H2,1-3H3,(H,19,20,24). The topological polar surface area (TPSA) is 105 Å². The number of aromatic nitrogens is 4. The molecule has 0 saturated carbocycles. The molecular formula is C18H21N5O3S. The SMILES string of the molecule is Cc1c(C(=O)N2CCC(c3nc(C(C)C)no3)CC2)sc2nc[nH]c(=O)c12. The van der Waals surface area contributed by atoms with Gasteiger partial charge in [-0.15, -0.1) is 11.3 Å². The van der Waals surface area contributed by atoms with Gasteiger partial charge in [-0.1, -0.05) is 19.0 Å². The largest absolute Gasteiger partial charge is 0.339 e. The zero-order valence-electron chi connectivity index (χ0n) is 15.5. The average Bonchev–Trinajstić information content (AvgIpc) is 3.27. The number of nitrogens with one attached hydrogen (secondary N) is 1. The fourth-order valence-electron chi connectivity index (χ4n) is 3.40. The maximum absolute atomic E-state index is 13.0. The molecule has 27 heavy (non-hydrogen) atoms. The number of thiophene rings is 1. The summed E-state index contributed by atoms with van der Waals surface area (Å²) >= 11 is 1.28. The Morgan fingerprint density at radius 3 is 2.74 bits per heavy atom. The number of aromatic amines is 1. The third-order valence-corrected chi connectivity index (χ3v) is 6.22. The Hall–Kier alpha value is -2.55. The molecular weight excluding hydrogens is 366 g/mol. The molecule has 1 fully saturated rings. The Morgan fingerprint density at radius 1 is 1.37 bits per heavy atom. The van der Waals surface area contributed by atoms with Crippen molar-refractivity contribution in [3.63, 3.8) is 0 Å². The molecule has 1 N–H and O–H groups in total. The number of likely N-dealkylation sites (tertiary alicyclic amines) is 1. The lowest BCUT2D eigenvalue weighted by atomic mass is 9.96. The molecule has 4 rings (SSSR count).